The van der Waals surface area contributed by atoms with E-state index in [1.807, 2.05) is 16.3 Å². The van der Waals surface area contributed by atoms with Gasteiger partial charge in [0.2, 0.25) is 0 Å². The van der Waals surface area contributed by atoms with Crippen LogP contribution >= 0.6 is 22.9 Å². The van der Waals surface area contributed by atoms with E-state index >= 15 is 0 Å². The highest BCUT2D eigenvalue weighted by Gasteiger charge is 2.28. The van der Waals surface area contributed by atoms with Crippen molar-refractivity contribution in [3.05, 3.63) is 21.3 Å². The summed E-state index contributed by atoms with van der Waals surface area (Å²) in [6.45, 7) is 1.50. The van der Waals surface area contributed by atoms with Crippen LogP contribution in [-0.2, 0) is 11.3 Å². The van der Waals surface area contributed by atoms with Gasteiger partial charge in [0.05, 0.1) is 4.34 Å². The predicted octanol–water partition coefficient (Wildman–Crippen LogP) is 2.84. The molecule has 5 heteroatoms. The van der Waals surface area contributed by atoms with Gasteiger partial charge in [-0.2, -0.15) is 0 Å². The van der Waals surface area contributed by atoms with Crippen molar-refractivity contribution in [3.63, 3.8) is 0 Å². The van der Waals surface area contributed by atoms with Crippen molar-refractivity contribution in [2.24, 2.45) is 0 Å². The molecule has 0 unspecified atom stereocenters. The minimum atomic E-state index is -0.717. The Bertz CT molecular complexity index is 380. The van der Waals surface area contributed by atoms with Crippen LogP contribution in [0.15, 0.2) is 11.4 Å². The van der Waals surface area contributed by atoms with Gasteiger partial charge < -0.3 is 5.11 Å². The molecular weight excluding hydrogens is 246 g/mol. The second kappa shape index (κ2) is 5.17. The molecule has 0 spiro atoms. The van der Waals surface area contributed by atoms with Gasteiger partial charge in [-0.1, -0.05) is 18.0 Å². The average Bonchev–Trinajstić information content (AvgIpc) is 2.65. The van der Waals surface area contributed by atoms with E-state index in [2.05, 4.69) is 0 Å². The Morgan fingerprint density at radius 1 is 1.62 bits per heavy atom. The van der Waals surface area contributed by atoms with Crippen LogP contribution in [-0.4, -0.2) is 28.6 Å². The van der Waals surface area contributed by atoms with Crippen LogP contribution in [0.5, 0.6) is 0 Å². The zero-order valence-electron chi connectivity index (χ0n) is 8.86. The summed E-state index contributed by atoms with van der Waals surface area (Å²) in [5, 5.41) is 11.1. The van der Waals surface area contributed by atoms with Gasteiger partial charge in [0.25, 0.3) is 0 Å². The van der Waals surface area contributed by atoms with Crippen molar-refractivity contribution >= 4 is 28.9 Å². The standard InChI is InChI=1S/C11H14ClNO2S/c12-10-8(4-6-16-10)7-13-5-2-1-3-9(13)11(14)15/h4,6,9H,1-3,5,7H2,(H,14,15)/t9-/m1/s1. The third kappa shape index (κ3) is 2.56. The number of hydrogen-bond donors (Lipinski definition) is 1. The van der Waals surface area contributed by atoms with E-state index in [0.29, 0.717) is 6.54 Å². The summed E-state index contributed by atoms with van der Waals surface area (Å²) in [5.74, 6) is -0.717. The Balaban J connectivity index is 2.07. The van der Waals surface area contributed by atoms with E-state index < -0.39 is 5.97 Å². The Labute approximate surface area is 104 Å². The van der Waals surface area contributed by atoms with Crippen LogP contribution in [0.25, 0.3) is 0 Å². The SMILES string of the molecule is O=C(O)[C@H]1CCCCN1Cc1ccsc1Cl. The van der Waals surface area contributed by atoms with Gasteiger partial charge in [0.1, 0.15) is 6.04 Å². The van der Waals surface area contributed by atoms with E-state index in [0.717, 1.165) is 35.7 Å². The van der Waals surface area contributed by atoms with Gasteiger partial charge >= 0.3 is 5.97 Å². The van der Waals surface area contributed by atoms with Crippen molar-refractivity contribution in [2.45, 2.75) is 31.8 Å². The fourth-order valence-electron chi connectivity index (χ4n) is 2.11. The van der Waals surface area contributed by atoms with Crippen molar-refractivity contribution in [2.75, 3.05) is 6.54 Å². The fraction of sp³-hybridized carbons (Fsp3) is 0.545. The topological polar surface area (TPSA) is 40.5 Å². The highest BCUT2D eigenvalue weighted by atomic mass is 35.5. The number of carboxylic acid groups (broad SMARTS) is 1. The van der Waals surface area contributed by atoms with Crippen LogP contribution in [0.4, 0.5) is 0 Å². The lowest BCUT2D eigenvalue weighted by Gasteiger charge is -2.32. The lowest BCUT2D eigenvalue weighted by atomic mass is 10.0. The number of carboxylic acids is 1. The maximum atomic E-state index is 11.1. The minimum absolute atomic E-state index is 0.343. The van der Waals surface area contributed by atoms with Crippen molar-refractivity contribution in [3.8, 4) is 0 Å². The van der Waals surface area contributed by atoms with E-state index in [4.69, 9.17) is 16.7 Å². The average molecular weight is 260 g/mol. The summed E-state index contributed by atoms with van der Waals surface area (Å²) in [7, 11) is 0. The number of rotatable bonds is 3. The highest BCUT2D eigenvalue weighted by molar-refractivity contribution is 7.14. The second-order valence-corrected chi connectivity index (χ2v) is 5.56. The maximum absolute atomic E-state index is 11.1. The monoisotopic (exact) mass is 259 g/mol. The van der Waals surface area contributed by atoms with Crippen LogP contribution in [0, 0.1) is 0 Å². The summed E-state index contributed by atoms with van der Waals surface area (Å²) in [5.41, 5.74) is 1.04. The van der Waals surface area contributed by atoms with Gasteiger partial charge in [0.15, 0.2) is 0 Å². The van der Waals surface area contributed by atoms with Gasteiger partial charge in [0, 0.05) is 6.54 Å². The van der Waals surface area contributed by atoms with Crippen molar-refractivity contribution in [1.29, 1.82) is 0 Å². The smallest absolute Gasteiger partial charge is 0.320 e. The molecular formula is C11H14ClNO2S. The van der Waals surface area contributed by atoms with Crippen LogP contribution in [0.2, 0.25) is 4.34 Å². The number of nitrogens with zero attached hydrogens (tertiary/aromatic N) is 1. The molecule has 1 atom stereocenters. The van der Waals surface area contributed by atoms with Gasteiger partial charge in [-0.25, -0.2) is 0 Å². The molecule has 0 aromatic carbocycles. The molecule has 0 radical (unpaired) electrons. The minimum Gasteiger partial charge on any atom is -0.480 e. The summed E-state index contributed by atoms with van der Waals surface area (Å²) < 4.78 is 0.773. The van der Waals surface area contributed by atoms with E-state index in [9.17, 15) is 4.79 Å². The van der Waals surface area contributed by atoms with Crippen LogP contribution in [0.3, 0.4) is 0 Å². The number of aliphatic carboxylic acids is 1. The Morgan fingerprint density at radius 2 is 2.44 bits per heavy atom. The fourth-order valence-corrected chi connectivity index (χ4v) is 3.02. The first-order valence-corrected chi connectivity index (χ1v) is 6.63. The number of piperidine rings is 1. The molecule has 1 aliphatic rings. The largest absolute Gasteiger partial charge is 0.480 e. The molecule has 0 saturated carbocycles. The molecule has 88 valence electrons. The number of likely N-dealkylation sites (tertiary alicyclic amines) is 1. The molecule has 0 aliphatic carbocycles. The van der Waals surface area contributed by atoms with Gasteiger partial charge in [-0.05, 0) is 36.4 Å². The van der Waals surface area contributed by atoms with Crippen molar-refractivity contribution < 1.29 is 9.90 Å². The summed E-state index contributed by atoms with van der Waals surface area (Å²) in [6, 6.07) is 1.63. The molecule has 1 saturated heterocycles. The number of halogens is 1. The molecule has 1 aromatic rings. The quantitative estimate of drug-likeness (QED) is 0.908. The lowest BCUT2D eigenvalue weighted by Crippen LogP contribution is -2.43. The zero-order chi connectivity index (χ0) is 11.5. The number of carbonyl (C=O) groups is 1. The zero-order valence-corrected chi connectivity index (χ0v) is 10.4. The second-order valence-electron chi connectivity index (χ2n) is 4.04. The Kier molecular flexibility index (Phi) is 3.84. The summed E-state index contributed by atoms with van der Waals surface area (Å²) in [4.78, 5) is 13.1. The molecule has 3 nitrogen and oxygen atoms in total. The first kappa shape index (κ1) is 11.9. The normalized spacial score (nSPS) is 22.2. The van der Waals surface area contributed by atoms with Gasteiger partial charge in [-0.3, -0.25) is 9.69 Å². The molecule has 1 aliphatic heterocycles. The van der Waals surface area contributed by atoms with E-state index in [1.54, 1.807) is 0 Å². The number of hydrogen-bond acceptors (Lipinski definition) is 3. The first-order chi connectivity index (χ1) is 7.68. The molecule has 1 fully saturated rings. The molecule has 0 bridgehead atoms. The van der Waals surface area contributed by atoms with E-state index in [1.165, 1.54) is 11.3 Å². The van der Waals surface area contributed by atoms with Crippen molar-refractivity contribution in [1.82, 2.24) is 4.90 Å². The molecule has 16 heavy (non-hydrogen) atoms. The molecule has 2 rings (SSSR count). The third-order valence-electron chi connectivity index (χ3n) is 2.97. The third-order valence-corrected chi connectivity index (χ3v) is 4.22. The van der Waals surface area contributed by atoms with Crippen LogP contribution < -0.4 is 0 Å². The lowest BCUT2D eigenvalue weighted by molar-refractivity contribution is -0.144. The number of thiophene rings is 1. The Hall–Kier alpha value is -0.580. The molecule has 2 heterocycles. The first-order valence-electron chi connectivity index (χ1n) is 5.37. The molecule has 1 N–H and O–H groups in total. The highest BCUT2D eigenvalue weighted by Crippen LogP contribution is 2.27. The molecule has 1 aromatic heterocycles. The van der Waals surface area contributed by atoms with Gasteiger partial charge in [-0.15, -0.1) is 11.3 Å². The predicted molar refractivity (Wildman–Crippen MR) is 65.0 cm³/mol. The summed E-state index contributed by atoms with van der Waals surface area (Å²) in [6.07, 6.45) is 2.83. The summed E-state index contributed by atoms with van der Waals surface area (Å²) >= 11 is 7.52. The van der Waals surface area contributed by atoms with E-state index in [-0.39, 0.29) is 6.04 Å². The maximum Gasteiger partial charge on any atom is 0.320 e. The van der Waals surface area contributed by atoms with Crippen LogP contribution in [0.1, 0.15) is 24.8 Å². The Morgan fingerprint density at radius 3 is 3.06 bits per heavy atom. The molecule has 0 amide bonds.